The van der Waals surface area contributed by atoms with Crippen LogP contribution < -0.4 is 4.72 Å². The van der Waals surface area contributed by atoms with E-state index in [1.54, 1.807) is 0 Å². The molecule has 0 radical (unpaired) electrons. The first-order valence-corrected chi connectivity index (χ1v) is 4.57. The summed E-state index contributed by atoms with van der Waals surface area (Å²) in [5.41, 5.74) is 0. The molecule has 0 aliphatic carbocycles. The largest absolute Gasteiger partial charge is 0.359 e. The lowest BCUT2D eigenvalue weighted by molar-refractivity contribution is -0.118. The molecule has 0 aromatic rings. The van der Waals surface area contributed by atoms with Crippen LogP contribution in [0.2, 0.25) is 0 Å². The van der Waals surface area contributed by atoms with Gasteiger partial charge in [0, 0.05) is 0 Å². The molecule has 0 aromatic heterocycles. The van der Waals surface area contributed by atoms with Gasteiger partial charge in [0.15, 0.2) is 0 Å². The van der Waals surface area contributed by atoms with Crippen molar-refractivity contribution >= 4 is 51.0 Å². The van der Waals surface area contributed by atoms with Gasteiger partial charge in [-0.3, -0.25) is 9.35 Å². The standard InChI is InChI=1S/C2H2Cl3NO4S/c3-2(4,5)1(7)6-11(8,9)10/h(H,6,7)(H,8,9,10)/i1+1,2+1,6+1. The van der Waals surface area contributed by atoms with Crippen LogP contribution in [0.5, 0.6) is 0 Å². The van der Waals surface area contributed by atoms with Crippen LogP contribution in [0.1, 0.15) is 0 Å². The molecule has 0 bridgehead atoms. The van der Waals surface area contributed by atoms with E-state index in [1.807, 2.05) is 0 Å². The molecule has 66 valence electrons. The molecule has 0 saturated carbocycles. The Labute approximate surface area is 77.5 Å². The van der Waals surface area contributed by atoms with Crippen LogP contribution in [-0.2, 0) is 15.1 Å². The summed E-state index contributed by atoms with van der Waals surface area (Å²) in [6, 6.07) is 0. The highest BCUT2D eigenvalue weighted by Crippen LogP contribution is 2.25. The lowest BCUT2D eigenvalue weighted by atomic mass is 11.7. The Balaban J connectivity index is 4.35. The molecule has 0 unspecified atom stereocenters. The molecule has 2 N–H and O–H groups in total. The minimum absolute atomic E-state index is 1.05. The number of alkyl halides is 3. The van der Waals surface area contributed by atoms with E-state index in [9.17, 15) is 13.2 Å². The first-order chi connectivity index (χ1) is 4.63. The maximum atomic E-state index is 10.4. The Morgan fingerprint density at radius 1 is 1.36 bits per heavy atom. The van der Waals surface area contributed by atoms with Crippen molar-refractivity contribution in [3.8, 4) is 0 Å². The molecule has 0 spiro atoms. The molecule has 0 rings (SSSR count). The van der Waals surface area contributed by atoms with Crippen molar-refractivity contribution in [1.82, 2.24) is 4.72 Å². The quantitative estimate of drug-likeness (QED) is 0.301. The number of amides is 1. The molecule has 0 heterocycles. The van der Waals surface area contributed by atoms with Crippen LogP contribution in [0, 0.1) is 0 Å². The molecule has 9 heteroatoms. The van der Waals surface area contributed by atoms with Gasteiger partial charge in [-0.1, -0.05) is 34.8 Å². The summed E-state index contributed by atoms with van der Waals surface area (Å²) in [4.78, 5) is 10.4. The average Bonchev–Trinajstić information content (AvgIpc) is 1.56. The van der Waals surface area contributed by atoms with E-state index in [0.717, 1.165) is 4.72 Å². The topological polar surface area (TPSA) is 83.5 Å². The lowest BCUT2D eigenvalue weighted by Gasteiger charge is -2.07. The summed E-state index contributed by atoms with van der Waals surface area (Å²) >= 11 is 14.8. The first kappa shape index (κ1) is 11.2. The zero-order valence-electron chi connectivity index (χ0n) is 4.71. The normalized spacial score (nSPS) is 12.7. The summed E-state index contributed by atoms with van der Waals surface area (Å²) in [6.45, 7) is 0. The fourth-order valence-electron chi connectivity index (χ4n) is 0.175. The maximum absolute atomic E-state index is 10.4. The van der Waals surface area contributed by atoms with Gasteiger partial charge >= 0.3 is 10.3 Å². The molecule has 11 heavy (non-hydrogen) atoms. The van der Waals surface area contributed by atoms with Gasteiger partial charge in [-0.2, -0.15) is 8.42 Å². The number of hydrogen-bond acceptors (Lipinski definition) is 3. The number of halogens is 3. The third kappa shape index (κ3) is 5.51. The van der Waals surface area contributed by atoms with Gasteiger partial charge in [-0.05, 0) is 0 Å². The second kappa shape index (κ2) is 3.32. The zero-order valence-corrected chi connectivity index (χ0v) is 7.80. The van der Waals surface area contributed by atoms with E-state index in [0.29, 0.717) is 0 Å². The fraction of sp³-hybridized carbons (Fsp3) is 0.500. The summed E-state index contributed by atoms with van der Waals surface area (Å²) in [5.74, 6) is -1.44. The molecule has 0 atom stereocenters. The number of nitrogens with one attached hydrogen (secondary N) is 1. The lowest BCUT2D eigenvalue weighted by Crippen LogP contribution is -2.38. The minimum atomic E-state index is -4.66. The highest BCUT2D eigenvalue weighted by Gasteiger charge is 2.33. The highest BCUT2D eigenvalue weighted by molar-refractivity contribution is 7.84. The van der Waals surface area contributed by atoms with Crippen LogP contribution >= 0.6 is 34.8 Å². The molecule has 1 amide bonds. The summed E-state index contributed by atoms with van der Waals surface area (Å²) in [6.07, 6.45) is 0. The Bertz CT molecular complexity index is 253. The fourth-order valence-corrected chi connectivity index (χ4v) is 0.872. The van der Waals surface area contributed by atoms with Crippen LogP contribution in [0.15, 0.2) is 0 Å². The first-order valence-electron chi connectivity index (χ1n) is 1.99. The smallest absolute Gasteiger partial charge is 0.269 e. The van der Waals surface area contributed by atoms with Crippen molar-refractivity contribution in [2.24, 2.45) is 0 Å². The molecule has 0 saturated heterocycles. The Morgan fingerprint density at radius 2 is 1.73 bits per heavy atom. The second-order valence-electron chi connectivity index (χ2n) is 1.40. The number of carbonyl (C=O) groups is 1. The third-order valence-corrected chi connectivity index (χ3v) is 1.44. The molecule has 0 fully saturated rings. The van der Waals surface area contributed by atoms with E-state index in [2.05, 4.69) is 0 Å². The van der Waals surface area contributed by atoms with E-state index in [1.165, 1.54) is 0 Å². The van der Waals surface area contributed by atoms with E-state index < -0.39 is 20.0 Å². The zero-order chi connectivity index (χ0) is 9.28. The van der Waals surface area contributed by atoms with Crippen molar-refractivity contribution in [3.63, 3.8) is 0 Å². The maximum Gasteiger partial charge on any atom is 0.359 e. The molecular weight excluding hydrogens is 243 g/mol. The second-order valence-corrected chi connectivity index (χ2v) is 4.84. The van der Waals surface area contributed by atoms with Crippen molar-refractivity contribution in [2.45, 2.75) is 3.79 Å². The van der Waals surface area contributed by atoms with E-state index in [4.69, 9.17) is 39.4 Å². The van der Waals surface area contributed by atoms with Gasteiger partial charge in [-0.25, -0.2) is 4.72 Å². The highest BCUT2D eigenvalue weighted by atomic mass is 35.6. The molecule has 5 nitrogen and oxygen atoms in total. The number of rotatable bonds is 1. The van der Waals surface area contributed by atoms with Crippen LogP contribution in [0.25, 0.3) is 0 Å². The van der Waals surface area contributed by atoms with Gasteiger partial charge in [0.05, 0.1) is 0 Å². The monoisotopic (exact) mass is 244 g/mol. The van der Waals surface area contributed by atoms with Gasteiger partial charge in [0.1, 0.15) is 0 Å². The van der Waals surface area contributed by atoms with Gasteiger partial charge in [0.25, 0.3) is 9.70 Å². The average molecular weight is 245 g/mol. The van der Waals surface area contributed by atoms with Crippen molar-refractivity contribution in [2.75, 3.05) is 0 Å². The Hall–Kier alpha value is 0.250. The van der Waals surface area contributed by atoms with E-state index in [-0.39, 0.29) is 0 Å². The summed E-state index contributed by atoms with van der Waals surface area (Å²) in [5, 5.41) is 0. The van der Waals surface area contributed by atoms with Crippen LogP contribution in [0.4, 0.5) is 0 Å². The molecule has 0 aliphatic heterocycles. The number of carbonyl (C=O) groups excluding carboxylic acids is 1. The van der Waals surface area contributed by atoms with Crippen LogP contribution in [-0.4, -0.2) is 22.7 Å². The molecule has 0 aromatic carbocycles. The van der Waals surface area contributed by atoms with Gasteiger partial charge in [0.2, 0.25) is 0 Å². The van der Waals surface area contributed by atoms with Gasteiger partial charge < -0.3 is 0 Å². The SMILES string of the molecule is O=[13C]([15NH]S(=O)(=O)O)[13C](Cl)(Cl)Cl. The predicted octanol–water partition coefficient (Wildman–Crippen LogP) is 0.276. The molecule has 0 aliphatic rings. The van der Waals surface area contributed by atoms with Gasteiger partial charge in [-0.15, -0.1) is 0 Å². The third-order valence-electron chi connectivity index (χ3n) is 0.479. The van der Waals surface area contributed by atoms with Crippen molar-refractivity contribution < 1.29 is 17.8 Å². The van der Waals surface area contributed by atoms with E-state index >= 15 is 0 Å². The summed E-state index contributed by atoms with van der Waals surface area (Å²) in [7, 11) is -4.66. The Morgan fingerprint density at radius 3 is 1.82 bits per heavy atom. The molecular formula is C2H2Cl3NO4S. The minimum Gasteiger partial charge on any atom is -0.269 e. The number of hydrogen-bond donors (Lipinski definition) is 2. The predicted molar refractivity (Wildman–Crippen MR) is 40.0 cm³/mol. The van der Waals surface area contributed by atoms with Crippen molar-refractivity contribution in [3.05, 3.63) is 0 Å². The Kier molecular flexibility index (Phi) is 3.40. The van der Waals surface area contributed by atoms with Crippen LogP contribution in [0.3, 0.4) is 0 Å². The summed E-state index contributed by atoms with van der Waals surface area (Å²) < 4.78 is 26.5. The van der Waals surface area contributed by atoms with Crippen molar-refractivity contribution in [1.29, 1.82) is 0 Å².